The summed E-state index contributed by atoms with van der Waals surface area (Å²) in [6, 6.07) is 12.5. The number of hydrogen-bond acceptors (Lipinski definition) is 2. The van der Waals surface area contributed by atoms with Crippen LogP contribution in [0.4, 0.5) is 4.39 Å². The quantitative estimate of drug-likeness (QED) is 0.462. The van der Waals surface area contributed by atoms with Crippen LogP contribution >= 0.6 is 24.0 Å². The number of benzene rings is 1. The van der Waals surface area contributed by atoms with Crippen molar-refractivity contribution in [3.8, 4) is 0 Å². The largest absolute Gasteiger partial charge is 0.351 e. The second-order valence-corrected chi connectivity index (χ2v) is 5.16. The third-order valence-electron chi connectivity index (χ3n) is 3.26. The molecule has 2 aromatic rings. The molecule has 0 aliphatic rings. The Morgan fingerprint density at radius 1 is 1.26 bits per heavy atom. The zero-order valence-corrected chi connectivity index (χ0v) is 15.9. The number of aromatic nitrogens is 1. The lowest BCUT2D eigenvalue weighted by molar-refractivity contribution is 0.474. The van der Waals surface area contributed by atoms with Crippen LogP contribution in [-0.2, 0) is 13.1 Å². The van der Waals surface area contributed by atoms with Gasteiger partial charge in [0.1, 0.15) is 5.82 Å². The number of nitrogens with zero attached hydrogens (tertiary/aromatic N) is 3. The summed E-state index contributed by atoms with van der Waals surface area (Å²) < 4.78 is 13.2. The summed E-state index contributed by atoms with van der Waals surface area (Å²) in [6.45, 7) is 3.15. The third kappa shape index (κ3) is 6.13. The normalized spacial score (nSPS) is 10.9. The van der Waals surface area contributed by atoms with Gasteiger partial charge in [-0.25, -0.2) is 4.39 Å². The molecule has 0 saturated heterocycles. The number of aryl methyl sites for hydroxylation is 1. The molecular formula is C17H22FIN4. The van der Waals surface area contributed by atoms with Gasteiger partial charge in [-0.1, -0.05) is 18.2 Å². The Bertz CT molecular complexity index is 661. The first kappa shape index (κ1) is 19.3. The van der Waals surface area contributed by atoms with Gasteiger partial charge in [-0.15, -0.1) is 24.0 Å². The molecule has 23 heavy (non-hydrogen) atoms. The topological polar surface area (TPSA) is 40.5 Å². The highest BCUT2D eigenvalue weighted by Gasteiger charge is 2.07. The third-order valence-corrected chi connectivity index (χ3v) is 3.26. The fourth-order valence-electron chi connectivity index (χ4n) is 2.24. The molecule has 0 amide bonds. The maximum atomic E-state index is 13.2. The minimum atomic E-state index is -0.224. The first-order valence-corrected chi connectivity index (χ1v) is 7.17. The van der Waals surface area contributed by atoms with Crippen LogP contribution in [0.5, 0.6) is 0 Å². The predicted molar refractivity (Wildman–Crippen MR) is 102 cm³/mol. The maximum Gasteiger partial charge on any atom is 0.194 e. The molecule has 0 aliphatic heterocycles. The number of rotatable bonds is 4. The molecule has 0 radical (unpaired) electrons. The van der Waals surface area contributed by atoms with E-state index < -0.39 is 0 Å². The van der Waals surface area contributed by atoms with Crippen molar-refractivity contribution >= 4 is 29.9 Å². The van der Waals surface area contributed by atoms with Crippen molar-refractivity contribution in [1.82, 2.24) is 15.2 Å². The molecule has 0 fully saturated rings. The van der Waals surface area contributed by atoms with E-state index in [2.05, 4.69) is 15.3 Å². The molecular weight excluding hydrogens is 406 g/mol. The van der Waals surface area contributed by atoms with E-state index in [9.17, 15) is 4.39 Å². The van der Waals surface area contributed by atoms with E-state index >= 15 is 0 Å². The first-order valence-electron chi connectivity index (χ1n) is 7.17. The SMILES string of the molecule is CN=C(NCc1cccc(C)n1)N(C)Cc1cccc(F)c1.I. The highest BCUT2D eigenvalue weighted by molar-refractivity contribution is 14.0. The van der Waals surface area contributed by atoms with Gasteiger partial charge in [-0.3, -0.25) is 9.98 Å². The fourth-order valence-corrected chi connectivity index (χ4v) is 2.24. The molecule has 2 rings (SSSR count). The molecule has 1 N–H and O–H groups in total. The molecule has 4 nitrogen and oxygen atoms in total. The van der Waals surface area contributed by atoms with Crippen molar-refractivity contribution in [3.63, 3.8) is 0 Å². The van der Waals surface area contributed by atoms with E-state index in [0.29, 0.717) is 13.1 Å². The number of nitrogens with one attached hydrogen (secondary N) is 1. The fraction of sp³-hybridized carbons (Fsp3) is 0.294. The Morgan fingerprint density at radius 3 is 2.65 bits per heavy atom. The summed E-state index contributed by atoms with van der Waals surface area (Å²) in [4.78, 5) is 10.7. The standard InChI is InChI=1S/C17H21FN4.HI/c1-13-6-4-9-16(21-13)11-20-17(19-2)22(3)12-14-7-5-8-15(18)10-14;/h4-10H,11-12H2,1-3H3,(H,19,20);1H. The molecule has 0 spiro atoms. The highest BCUT2D eigenvalue weighted by Crippen LogP contribution is 2.06. The monoisotopic (exact) mass is 428 g/mol. The molecule has 1 aromatic heterocycles. The minimum absolute atomic E-state index is 0. The van der Waals surface area contributed by atoms with Crippen molar-refractivity contribution in [2.45, 2.75) is 20.0 Å². The zero-order valence-electron chi connectivity index (χ0n) is 13.6. The Kier molecular flexibility index (Phi) is 7.94. The van der Waals surface area contributed by atoms with Gasteiger partial charge >= 0.3 is 0 Å². The van der Waals surface area contributed by atoms with E-state index in [1.54, 1.807) is 13.1 Å². The lowest BCUT2D eigenvalue weighted by atomic mass is 10.2. The summed E-state index contributed by atoms with van der Waals surface area (Å²) in [7, 11) is 3.65. The minimum Gasteiger partial charge on any atom is -0.351 e. The zero-order chi connectivity index (χ0) is 15.9. The van der Waals surface area contributed by atoms with Crippen molar-refractivity contribution in [3.05, 3.63) is 65.2 Å². The molecule has 0 unspecified atom stereocenters. The lowest BCUT2D eigenvalue weighted by Crippen LogP contribution is -2.38. The summed E-state index contributed by atoms with van der Waals surface area (Å²) >= 11 is 0. The van der Waals surface area contributed by atoms with E-state index in [1.165, 1.54) is 12.1 Å². The lowest BCUT2D eigenvalue weighted by Gasteiger charge is -2.22. The van der Waals surface area contributed by atoms with Gasteiger partial charge in [0.05, 0.1) is 12.2 Å². The van der Waals surface area contributed by atoms with E-state index in [0.717, 1.165) is 22.9 Å². The number of guanidine groups is 1. The molecule has 0 aliphatic carbocycles. The number of halogens is 2. The van der Waals surface area contributed by atoms with Crippen molar-refractivity contribution in [2.75, 3.05) is 14.1 Å². The molecule has 1 aromatic carbocycles. The van der Waals surface area contributed by atoms with Gasteiger partial charge in [0.25, 0.3) is 0 Å². The molecule has 124 valence electrons. The summed E-state index contributed by atoms with van der Waals surface area (Å²) in [5.41, 5.74) is 2.85. The van der Waals surface area contributed by atoms with Gasteiger partial charge in [-0.05, 0) is 36.8 Å². The Morgan fingerprint density at radius 2 is 2.00 bits per heavy atom. The second kappa shape index (κ2) is 9.44. The van der Waals surface area contributed by atoms with Crippen LogP contribution in [0.25, 0.3) is 0 Å². The van der Waals surface area contributed by atoms with Crippen molar-refractivity contribution in [1.29, 1.82) is 0 Å². The van der Waals surface area contributed by atoms with E-state index in [4.69, 9.17) is 0 Å². The Hall–Kier alpha value is -1.70. The van der Waals surface area contributed by atoms with Gasteiger partial charge in [-0.2, -0.15) is 0 Å². The molecule has 0 atom stereocenters. The number of hydrogen-bond donors (Lipinski definition) is 1. The van der Waals surface area contributed by atoms with Crippen LogP contribution in [0, 0.1) is 12.7 Å². The second-order valence-electron chi connectivity index (χ2n) is 5.16. The Balaban J connectivity index is 0.00000264. The van der Waals surface area contributed by atoms with Gasteiger partial charge in [0.2, 0.25) is 0 Å². The van der Waals surface area contributed by atoms with Crippen molar-refractivity contribution < 1.29 is 4.39 Å². The van der Waals surface area contributed by atoms with Crippen LogP contribution in [-0.4, -0.2) is 29.9 Å². The maximum absolute atomic E-state index is 13.2. The average molecular weight is 428 g/mol. The smallest absolute Gasteiger partial charge is 0.194 e. The van der Waals surface area contributed by atoms with E-state index in [1.807, 2.05) is 43.1 Å². The summed E-state index contributed by atoms with van der Waals surface area (Å²) in [6.07, 6.45) is 0. The van der Waals surface area contributed by atoms with Gasteiger partial charge in [0, 0.05) is 26.3 Å². The molecule has 0 saturated carbocycles. The Labute approximate surface area is 153 Å². The molecule has 1 heterocycles. The predicted octanol–water partition coefficient (Wildman–Crippen LogP) is 3.35. The van der Waals surface area contributed by atoms with E-state index in [-0.39, 0.29) is 29.8 Å². The van der Waals surface area contributed by atoms with Crippen molar-refractivity contribution in [2.24, 2.45) is 4.99 Å². The first-order chi connectivity index (χ1) is 10.6. The van der Waals surface area contributed by atoms with Crippen LogP contribution in [0.1, 0.15) is 17.0 Å². The van der Waals surface area contributed by atoms with Crippen LogP contribution < -0.4 is 5.32 Å². The number of aliphatic imine (C=N–C) groups is 1. The summed E-state index contributed by atoms with van der Waals surface area (Å²) in [5.74, 6) is 0.519. The summed E-state index contributed by atoms with van der Waals surface area (Å²) in [5, 5.41) is 3.27. The molecule has 6 heteroatoms. The van der Waals surface area contributed by atoms with Crippen LogP contribution in [0.3, 0.4) is 0 Å². The van der Waals surface area contributed by atoms with Crippen LogP contribution in [0.15, 0.2) is 47.5 Å². The highest BCUT2D eigenvalue weighted by atomic mass is 127. The van der Waals surface area contributed by atoms with Gasteiger partial charge < -0.3 is 10.2 Å². The number of pyridine rings is 1. The average Bonchev–Trinajstić information content (AvgIpc) is 2.48. The van der Waals surface area contributed by atoms with Gasteiger partial charge in [0.15, 0.2) is 5.96 Å². The van der Waals surface area contributed by atoms with Crippen LogP contribution in [0.2, 0.25) is 0 Å². The molecule has 0 bridgehead atoms.